The van der Waals surface area contributed by atoms with Crippen LogP contribution >= 0.6 is 0 Å². The third-order valence-electron chi connectivity index (χ3n) is 1.67. The largest absolute Gasteiger partial charge is 0.418 e. The van der Waals surface area contributed by atoms with E-state index < -0.39 is 11.7 Å². The van der Waals surface area contributed by atoms with Crippen LogP contribution in [0.1, 0.15) is 27.7 Å². The molecule has 0 aromatic rings. The van der Waals surface area contributed by atoms with Crippen molar-refractivity contribution in [1.29, 1.82) is 0 Å². The molecule has 0 radical (unpaired) electrons. The maximum absolute atomic E-state index is 11.3. The number of ether oxygens (including phenoxy) is 1. The quantitative estimate of drug-likeness (QED) is 0.705. The van der Waals surface area contributed by atoms with Crippen molar-refractivity contribution in [3.05, 3.63) is 12.3 Å². The molecule has 4 heteroatoms. The van der Waals surface area contributed by atoms with E-state index in [9.17, 15) is 9.90 Å². The van der Waals surface area contributed by atoms with E-state index in [4.69, 9.17) is 4.74 Å². The van der Waals surface area contributed by atoms with Crippen LogP contribution in [0.2, 0.25) is 0 Å². The third-order valence-corrected chi connectivity index (χ3v) is 1.67. The van der Waals surface area contributed by atoms with Gasteiger partial charge in [0.25, 0.3) is 0 Å². The second-order valence-corrected chi connectivity index (χ2v) is 3.51. The number of rotatable bonds is 4. The molecule has 14 heavy (non-hydrogen) atoms. The molecule has 0 saturated heterocycles. The lowest BCUT2D eigenvalue weighted by Gasteiger charge is -2.16. The molecule has 0 aliphatic carbocycles. The van der Waals surface area contributed by atoms with Crippen LogP contribution in [0.15, 0.2) is 12.3 Å². The molecule has 1 amide bonds. The lowest BCUT2D eigenvalue weighted by atomic mass is 10.1. The first-order valence-electron chi connectivity index (χ1n) is 4.76. The number of nitrogens with zero attached hydrogens (tertiary/aromatic N) is 1. The van der Waals surface area contributed by atoms with Crippen LogP contribution in [0, 0.1) is 0 Å². The van der Waals surface area contributed by atoms with E-state index in [0.29, 0.717) is 13.1 Å². The van der Waals surface area contributed by atoms with Gasteiger partial charge >= 0.3 is 6.09 Å². The van der Waals surface area contributed by atoms with Gasteiger partial charge in [0.15, 0.2) is 0 Å². The van der Waals surface area contributed by atoms with E-state index in [1.54, 1.807) is 18.7 Å². The van der Waals surface area contributed by atoms with Crippen molar-refractivity contribution < 1.29 is 14.6 Å². The maximum Gasteiger partial charge on any atom is 0.414 e. The van der Waals surface area contributed by atoms with Gasteiger partial charge in [0.1, 0.15) is 0 Å². The van der Waals surface area contributed by atoms with Crippen molar-refractivity contribution in [3.8, 4) is 0 Å². The molecule has 0 unspecified atom stereocenters. The Labute approximate surface area is 85.2 Å². The summed E-state index contributed by atoms with van der Waals surface area (Å²) in [5, 5.41) is 9.29. The first kappa shape index (κ1) is 13.0. The van der Waals surface area contributed by atoms with Crippen molar-refractivity contribution in [2.24, 2.45) is 0 Å². The molecule has 0 bridgehead atoms. The van der Waals surface area contributed by atoms with Gasteiger partial charge in [-0.2, -0.15) is 0 Å². The fourth-order valence-corrected chi connectivity index (χ4v) is 0.815. The van der Waals surface area contributed by atoms with Crippen molar-refractivity contribution in [2.45, 2.75) is 33.3 Å². The van der Waals surface area contributed by atoms with Crippen LogP contribution in [0.4, 0.5) is 4.79 Å². The predicted octanol–water partition coefficient (Wildman–Crippen LogP) is 1.75. The zero-order chi connectivity index (χ0) is 11.2. The number of hydrogen-bond acceptors (Lipinski definition) is 3. The molecule has 0 rings (SSSR count). The summed E-state index contributed by atoms with van der Waals surface area (Å²) in [5.74, 6) is 0. The molecule has 0 saturated carbocycles. The normalized spacial score (nSPS) is 11.8. The summed E-state index contributed by atoms with van der Waals surface area (Å²) in [6, 6.07) is 0. The average Bonchev–Trinajstić information content (AvgIpc) is 2.04. The second kappa shape index (κ2) is 5.65. The summed E-state index contributed by atoms with van der Waals surface area (Å²) in [6.07, 6.45) is 2.25. The zero-order valence-corrected chi connectivity index (χ0v) is 9.28. The molecular weight excluding hydrogens is 182 g/mol. The minimum absolute atomic E-state index is 0.393. The maximum atomic E-state index is 11.3. The Morgan fingerprint density at radius 1 is 1.43 bits per heavy atom. The summed E-state index contributed by atoms with van der Waals surface area (Å²) in [5.41, 5.74) is -0.955. The van der Waals surface area contributed by atoms with E-state index in [0.717, 1.165) is 0 Å². The van der Waals surface area contributed by atoms with Crippen LogP contribution in [0.25, 0.3) is 0 Å². The molecule has 0 heterocycles. The van der Waals surface area contributed by atoms with E-state index in [1.165, 1.54) is 12.3 Å². The van der Waals surface area contributed by atoms with Crippen LogP contribution in [-0.2, 0) is 4.74 Å². The first-order valence-corrected chi connectivity index (χ1v) is 4.76. The van der Waals surface area contributed by atoms with Crippen LogP contribution < -0.4 is 0 Å². The van der Waals surface area contributed by atoms with Crippen molar-refractivity contribution >= 4 is 6.09 Å². The molecular formula is C10H19NO3. The first-order chi connectivity index (χ1) is 6.40. The monoisotopic (exact) mass is 201 g/mol. The highest BCUT2D eigenvalue weighted by Gasteiger charge is 2.10. The fraction of sp³-hybridized carbons (Fsp3) is 0.700. The van der Waals surface area contributed by atoms with Gasteiger partial charge in [-0.05, 0) is 33.8 Å². The van der Waals surface area contributed by atoms with Gasteiger partial charge in [-0.1, -0.05) is 0 Å². The van der Waals surface area contributed by atoms with Gasteiger partial charge in [0.2, 0.25) is 0 Å². The summed E-state index contributed by atoms with van der Waals surface area (Å²) in [7, 11) is 0. The molecule has 0 atom stereocenters. The summed E-state index contributed by atoms with van der Waals surface area (Å²) >= 11 is 0. The number of hydrogen-bond donors (Lipinski definition) is 1. The Balaban J connectivity index is 4.02. The topological polar surface area (TPSA) is 49.8 Å². The minimum atomic E-state index is -0.955. The molecule has 0 fully saturated rings. The smallest absolute Gasteiger partial charge is 0.414 e. The minimum Gasteiger partial charge on any atom is -0.418 e. The fourth-order valence-electron chi connectivity index (χ4n) is 0.815. The molecule has 0 aromatic heterocycles. The molecule has 82 valence electrons. The summed E-state index contributed by atoms with van der Waals surface area (Å²) in [4.78, 5) is 12.8. The highest BCUT2D eigenvalue weighted by atomic mass is 16.5. The molecule has 1 N–H and O–H groups in total. The van der Waals surface area contributed by atoms with Crippen LogP contribution in [0.5, 0.6) is 0 Å². The molecule has 0 spiro atoms. The van der Waals surface area contributed by atoms with Gasteiger partial charge < -0.3 is 14.7 Å². The Bertz CT molecular complexity index is 202. The van der Waals surface area contributed by atoms with E-state index >= 15 is 0 Å². The number of amides is 1. The van der Waals surface area contributed by atoms with Gasteiger partial charge in [0.05, 0.1) is 11.9 Å². The van der Waals surface area contributed by atoms with E-state index in [1.807, 2.05) is 13.8 Å². The zero-order valence-electron chi connectivity index (χ0n) is 9.28. The Kier molecular flexibility index (Phi) is 5.23. The van der Waals surface area contributed by atoms with E-state index in [2.05, 4.69) is 0 Å². The Hall–Kier alpha value is -1.03. The lowest BCUT2D eigenvalue weighted by molar-refractivity contribution is 0.122. The van der Waals surface area contributed by atoms with Gasteiger partial charge in [0, 0.05) is 13.1 Å². The number of carbonyl (C=O) groups excluding carboxylic acids is 1. The van der Waals surface area contributed by atoms with E-state index in [-0.39, 0.29) is 0 Å². The van der Waals surface area contributed by atoms with Crippen molar-refractivity contribution in [3.63, 3.8) is 0 Å². The SMILES string of the molecule is CCN(CC)C(=O)O/C=C/C(C)(C)O. The second-order valence-electron chi connectivity index (χ2n) is 3.51. The summed E-state index contributed by atoms with van der Waals surface area (Å²) in [6.45, 7) is 8.20. The van der Waals surface area contributed by atoms with Gasteiger partial charge in [-0.3, -0.25) is 0 Å². The van der Waals surface area contributed by atoms with Gasteiger partial charge in [-0.25, -0.2) is 4.79 Å². The van der Waals surface area contributed by atoms with Crippen LogP contribution in [-0.4, -0.2) is 34.8 Å². The van der Waals surface area contributed by atoms with Crippen molar-refractivity contribution in [2.75, 3.05) is 13.1 Å². The van der Waals surface area contributed by atoms with Crippen molar-refractivity contribution in [1.82, 2.24) is 4.90 Å². The van der Waals surface area contributed by atoms with Crippen LogP contribution in [0.3, 0.4) is 0 Å². The number of carbonyl (C=O) groups is 1. The average molecular weight is 201 g/mol. The highest BCUT2D eigenvalue weighted by molar-refractivity contribution is 5.68. The Morgan fingerprint density at radius 2 is 1.93 bits per heavy atom. The number of aliphatic hydroxyl groups is 1. The standard InChI is InChI=1S/C10H19NO3/c1-5-11(6-2)9(12)14-8-7-10(3,4)13/h7-8,13H,5-6H2,1-4H3/b8-7+. The summed E-state index contributed by atoms with van der Waals surface area (Å²) < 4.78 is 4.81. The molecule has 0 aliphatic heterocycles. The predicted molar refractivity (Wildman–Crippen MR) is 54.8 cm³/mol. The lowest BCUT2D eigenvalue weighted by Crippen LogP contribution is -2.30. The Morgan fingerprint density at radius 3 is 2.29 bits per heavy atom. The molecule has 0 aliphatic rings. The van der Waals surface area contributed by atoms with Gasteiger partial charge in [-0.15, -0.1) is 0 Å². The molecule has 0 aromatic carbocycles. The highest BCUT2D eigenvalue weighted by Crippen LogP contribution is 2.03. The molecule has 4 nitrogen and oxygen atoms in total. The third kappa shape index (κ3) is 5.59.